The van der Waals surface area contributed by atoms with Crippen molar-refractivity contribution in [2.45, 2.75) is 39.1 Å². The van der Waals surface area contributed by atoms with Crippen molar-refractivity contribution in [2.24, 2.45) is 0 Å². The Morgan fingerprint density at radius 2 is 1.92 bits per heavy atom. The zero-order valence-corrected chi connectivity index (χ0v) is 8.47. The average molecular weight is 188 g/mol. The first-order chi connectivity index (χ1) is 5.70. The summed E-state index contributed by atoms with van der Waals surface area (Å²) in [6.07, 6.45) is 0.905. The summed E-state index contributed by atoms with van der Waals surface area (Å²) in [5.74, 6) is 2.31. The lowest BCUT2D eigenvalue weighted by Gasteiger charge is -2.11. The molecule has 0 aliphatic heterocycles. The lowest BCUT2D eigenvalue weighted by Crippen LogP contribution is -2.08. The van der Waals surface area contributed by atoms with Gasteiger partial charge in [-0.2, -0.15) is 0 Å². The molecule has 0 aliphatic rings. The van der Waals surface area contributed by atoms with Gasteiger partial charge >= 0.3 is 0 Å². The largest absolute Gasteiger partial charge is 0.311 e. The Labute approximate surface area is 77.8 Å². The van der Waals surface area contributed by atoms with Crippen molar-refractivity contribution in [1.29, 1.82) is 0 Å². The summed E-state index contributed by atoms with van der Waals surface area (Å²) in [4.78, 5) is 0. The monoisotopic (exact) mass is 187 g/mol. The van der Waals surface area contributed by atoms with Crippen LogP contribution in [0.25, 0.3) is 0 Å². The van der Waals surface area contributed by atoms with E-state index in [9.17, 15) is 0 Å². The molecule has 1 rings (SSSR count). The summed E-state index contributed by atoms with van der Waals surface area (Å²) < 4.78 is 2.09. The third kappa shape index (κ3) is 1.61. The van der Waals surface area contributed by atoms with Gasteiger partial charge in [0.25, 0.3) is 0 Å². The minimum atomic E-state index is 0.392. The van der Waals surface area contributed by atoms with Gasteiger partial charge in [0, 0.05) is 12.5 Å². The molecule has 0 N–H and O–H groups in total. The molecule has 1 heterocycles. The number of aryl methyl sites for hydroxylation is 1. The van der Waals surface area contributed by atoms with Gasteiger partial charge in [0.05, 0.1) is 5.88 Å². The number of nitrogens with zero attached hydrogens (tertiary/aromatic N) is 3. The molecule has 0 amide bonds. The Hall–Kier alpha value is -0.570. The normalized spacial score (nSPS) is 11.1. The maximum atomic E-state index is 5.72. The van der Waals surface area contributed by atoms with Crippen LogP contribution in [0.4, 0.5) is 0 Å². The highest BCUT2D eigenvalue weighted by molar-refractivity contribution is 6.16. The van der Waals surface area contributed by atoms with Crippen molar-refractivity contribution in [1.82, 2.24) is 14.8 Å². The molecule has 12 heavy (non-hydrogen) atoms. The molecule has 0 unspecified atom stereocenters. The molecule has 0 bridgehead atoms. The van der Waals surface area contributed by atoms with Gasteiger partial charge in [0.1, 0.15) is 11.6 Å². The number of aromatic nitrogens is 3. The van der Waals surface area contributed by atoms with Gasteiger partial charge in [-0.15, -0.1) is 21.8 Å². The quantitative estimate of drug-likeness (QED) is 0.679. The molecule has 1 aromatic heterocycles. The van der Waals surface area contributed by atoms with Crippen LogP contribution in [0.3, 0.4) is 0 Å². The topological polar surface area (TPSA) is 30.7 Å². The Morgan fingerprint density at radius 3 is 2.33 bits per heavy atom. The molecule has 68 valence electrons. The fraction of sp³-hybridized carbons (Fsp3) is 0.750. The molecular formula is C8H14ClN3. The minimum absolute atomic E-state index is 0.392. The van der Waals surface area contributed by atoms with Crippen LogP contribution < -0.4 is 0 Å². The third-order valence-electron chi connectivity index (χ3n) is 1.79. The Kier molecular flexibility index (Phi) is 3.09. The molecule has 1 aromatic rings. The van der Waals surface area contributed by atoms with Gasteiger partial charge in [0.15, 0.2) is 0 Å². The molecule has 0 aliphatic carbocycles. The molecular weight excluding hydrogens is 174 g/mol. The van der Waals surface area contributed by atoms with Gasteiger partial charge < -0.3 is 4.57 Å². The Bertz CT molecular complexity index is 233. The average Bonchev–Trinajstić information content (AvgIpc) is 2.46. The van der Waals surface area contributed by atoms with Crippen LogP contribution in [0.5, 0.6) is 0 Å². The van der Waals surface area contributed by atoms with E-state index >= 15 is 0 Å². The molecule has 0 fully saturated rings. The highest BCUT2D eigenvalue weighted by atomic mass is 35.5. The van der Waals surface area contributed by atoms with Gasteiger partial charge in [-0.1, -0.05) is 6.92 Å². The molecule has 0 saturated heterocycles. The van der Waals surface area contributed by atoms with E-state index in [0.717, 1.165) is 18.1 Å². The summed E-state index contributed by atoms with van der Waals surface area (Å²) >= 11 is 5.72. The van der Waals surface area contributed by atoms with Gasteiger partial charge in [-0.05, 0) is 13.8 Å². The highest BCUT2D eigenvalue weighted by Gasteiger charge is 2.11. The van der Waals surface area contributed by atoms with Crippen molar-refractivity contribution in [3.63, 3.8) is 0 Å². The molecule has 0 saturated carbocycles. The van der Waals surface area contributed by atoms with Crippen LogP contribution >= 0.6 is 11.6 Å². The van der Waals surface area contributed by atoms with Crippen LogP contribution in [0, 0.1) is 0 Å². The number of hydrogen-bond acceptors (Lipinski definition) is 2. The van der Waals surface area contributed by atoms with Gasteiger partial charge in [0.2, 0.25) is 0 Å². The number of hydrogen-bond donors (Lipinski definition) is 0. The van der Waals surface area contributed by atoms with Crippen molar-refractivity contribution in [3.8, 4) is 0 Å². The zero-order valence-electron chi connectivity index (χ0n) is 7.71. The standard InChI is InChI=1S/C8H14ClN3/c1-4-7-10-11-8(5-9)12(7)6(2)3/h6H,4-5H2,1-3H3. The van der Waals surface area contributed by atoms with E-state index in [1.165, 1.54) is 0 Å². The lowest BCUT2D eigenvalue weighted by molar-refractivity contribution is 0.554. The summed E-state index contributed by atoms with van der Waals surface area (Å²) in [6, 6.07) is 0.392. The summed E-state index contributed by atoms with van der Waals surface area (Å²) in [5, 5.41) is 8.06. The second-order valence-electron chi connectivity index (χ2n) is 2.98. The van der Waals surface area contributed by atoms with E-state index in [4.69, 9.17) is 11.6 Å². The second kappa shape index (κ2) is 3.90. The first kappa shape index (κ1) is 9.52. The third-order valence-corrected chi connectivity index (χ3v) is 2.03. The number of halogens is 1. The molecule has 0 atom stereocenters. The Balaban J connectivity index is 3.07. The molecule has 0 aromatic carbocycles. The smallest absolute Gasteiger partial charge is 0.148 e. The summed E-state index contributed by atoms with van der Waals surface area (Å²) in [6.45, 7) is 6.29. The lowest BCUT2D eigenvalue weighted by atomic mass is 10.3. The number of rotatable bonds is 3. The molecule has 3 nitrogen and oxygen atoms in total. The predicted molar refractivity (Wildman–Crippen MR) is 49.3 cm³/mol. The fourth-order valence-electron chi connectivity index (χ4n) is 1.29. The SMILES string of the molecule is CCc1nnc(CCl)n1C(C)C. The van der Waals surface area contributed by atoms with Crippen LogP contribution in [0.1, 0.15) is 38.5 Å². The maximum Gasteiger partial charge on any atom is 0.148 e. The van der Waals surface area contributed by atoms with E-state index in [-0.39, 0.29) is 0 Å². The van der Waals surface area contributed by atoms with Crippen LogP contribution in [0.2, 0.25) is 0 Å². The molecule has 0 spiro atoms. The van der Waals surface area contributed by atoms with E-state index in [1.54, 1.807) is 0 Å². The van der Waals surface area contributed by atoms with Crippen molar-refractivity contribution in [2.75, 3.05) is 0 Å². The van der Waals surface area contributed by atoms with Crippen molar-refractivity contribution in [3.05, 3.63) is 11.6 Å². The predicted octanol–water partition coefficient (Wildman–Crippen LogP) is 2.16. The van der Waals surface area contributed by atoms with Crippen LogP contribution in [0.15, 0.2) is 0 Å². The maximum absolute atomic E-state index is 5.72. The van der Waals surface area contributed by atoms with E-state index in [2.05, 4.69) is 35.5 Å². The van der Waals surface area contributed by atoms with E-state index in [1.807, 2.05) is 0 Å². The second-order valence-corrected chi connectivity index (χ2v) is 3.25. The van der Waals surface area contributed by atoms with Crippen LogP contribution in [-0.2, 0) is 12.3 Å². The zero-order chi connectivity index (χ0) is 9.14. The van der Waals surface area contributed by atoms with Crippen molar-refractivity contribution >= 4 is 11.6 Å². The van der Waals surface area contributed by atoms with E-state index in [0.29, 0.717) is 11.9 Å². The van der Waals surface area contributed by atoms with Crippen molar-refractivity contribution < 1.29 is 0 Å². The molecule has 0 radical (unpaired) electrons. The summed E-state index contributed by atoms with van der Waals surface area (Å²) in [7, 11) is 0. The van der Waals surface area contributed by atoms with Gasteiger partial charge in [-0.25, -0.2) is 0 Å². The summed E-state index contributed by atoms with van der Waals surface area (Å²) in [5.41, 5.74) is 0. The van der Waals surface area contributed by atoms with Crippen LogP contribution in [-0.4, -0.2) is 14.8 Å². The van der Waals surface area contributed by atoms with Gasteiger partial charge in [-0.3, -0.25) is 0 Å². The molecule has 4 heteroatoms. The van der Waals surface area contributed by atoms with E-state index < -0.39 is 0 Å². The number of alkyl halides is 1. The highest BCUT2D eigenvalue weighted by Crippen LogP contribution is 2.13. The Morgan fingerprint density at radius 1 is 1.33 bits per heavy atom. The first-order valence-corrected chi connectivity index (χ1v) is 4.72. The first-order valence-electron chi connectivity index (χ1n) is 4.19. The fourth-order valence-corrected chi connectivity index (χ4v) is 1.47. The minimum Gasteiger partial charge on any atom is -0.311 e.